The lowest BCUT2D eigenvalue weighted by Crippen LogP contribution is -1.80. The second kappa shape index (κ2) is 3.30. The average molecular weight is 182 g/mol. The molecule has 0 heteroatoms. The highest BCUT2D eigenvalue weighted by molar-refractivity contribution is 5.86. The zero-order chi connectivity index (χ0) is 10.1. The molecular weight excluding hydrogens is 168 g/mol. The average Bonchev–Trinajstić information content (AvgIpc) is 2.16. The van der Waals surface area contributed by atoms with Gasteiger partial charge in [-0.3, -0.25) is 0 Å². The molecule has 2 aromatic rings. The van der Waals surface area contributed by atoms with Crippen LogP contribution in [0.5, 0.6) is 0 Å². The summed E-state index contributed by atoms with van der Waals surface area (Å²) < 4.78 is 0. The maximum atomic E-state index is 3.95. The van der Waals surface area contributed by atoms with Crippen molar-refractivity contribution in [3.05, 3.63) is 54.1 Å². The summed E-state index contributed by atoms with van der Waals surface area (Å²) in [6.45, 7) is 8.11. The summed E-state index contributed by atoms with van der Waals surface area (Å²) in [4.78, 5) is 0. The van der Waals surface area contributed by atoms with E-state index in [-0.39, 0.29) is 0 Å². The molecule has 0 atom stereocenters. The second-order valence-corrected chi connectivity index (χ2v) is 3.85. The van der Waals surface area contributed by atoms with Crippen molar-refractivity contribution in [2.45, 2.75) is 13.8 Å². The van der Waals surface area contributed by atoms with Crippen LogP contribution in [0.25, 0.3) is 16.3 Å². The summed E-state index contributed by atoms with van der Waals surface area (Å²) in [7, 11) is 0. The monoisotopic (exact) mass is 182 g/mol. The van der Waals surface area contributed by atoms with Crippen LogP contribution in [-0.4, -0.2) is 0 Å². The van der Waals surface area contributed by atoms with Crippen molar-refractivity contribution in [1.29, 1.82) is 0 Å². The Morgan fingerprint density at radius 3 is 2.43 bits per heavy atom. The Morgan fingerprint density at radius 1 is 1.00 bits per heavy atom. The SMILES string of the molecule is C=C(C)c1ccc2ccc(C)cc2c1. The molecule has 0 aliphatic heterocycles. The highest BCUT2D eigenvalue weighted by Crippen LogP contribution is 2.20. The van der Waals surface area contributed by atoms with Crippen molar-refractivity contribution in [2.24, 2.45) is 0 Å². The third-order valence-corrected chi connectivity index (χ3v) is 2.49. The van der Waals surface area contributed by atoms with Crippen LogP contribution in [0.4, 0.5) is 0 Å². The minimum absolute atomic E-state index is 1.12. The van der Waals surface area contributed by atoms with Gasteiger partial charge in [0.25, 0.3) is 0 Å². The lowest BCUT2D eigenvalue weighted by atomic mass is 10.0. The zero-order valence-corrected chi connectivity index (χ0v) is 8.67. The van der Waals surface area contributed by atoms with Gasteiger partial charge in [0, 0.05) is 0 Å². The molecule has 0 unspecified atom stereocenters. The maximum absolute atomic E-state index is 3.95. The molecule has 0 aliphatic carbocycles. The summed E-state index contributed by atoms with van der Waals surface area (Å²) in [6, 6.07) is 13.0. The number of hydrogen-bond acceptors (Lipinski definition) is 0. The standard InChI is InChI=1S/C14H14/c1-10(2)13-7-6-12-5-4-11(3)8-14(12)9-13/h4-9H,1H2,2-3H3. The summed E-state index contributed by atoms with van der Waals surface area (Å²) >= 11 is 0. The van der Waals surface area contributed by atoms with Crippen LogP contribution in [0.1, 0.15) is 18.1 Å². The van der Waals surface area contributed by atoms with E-state index in [9.17, 15) is 0 Å². The number of fused-ring (bicyclic) bond motifs is 1. The Balaban J connectivity index is 2.69. The van der Waals surface area contributed by atoms with Gasteiger partial charge in [-0.1, -0.05) is 48.0 Å². The number of rotatable bonds is 1. The van der Waals surface area contributed by atoms with Gasteiger partial charge in [-0.25, -0.2) is 0 Å². The minimum Gasteiger partial charge on any atom is -0.0955 e. The molecule has 0 radical (unpaired) electrons. The molecule has 70 valence electrons. The van der Waals surface area contributed by atoms with Crippen molar-refractivity contribution < 1.29 is 0 Å². The molecule has 2 rings (SSSR count). The van der Waals surface area contributed by atoms with E-state index in [0.29, 0.717) is 0 Å². The van der Waals surface area contributed by atoms with E-state index in [1.165, 1.54) is 21.9 Å². The summed E-state index contributed by atoms with van der Waals surface area (Å²) in [5.41, 5.74) is 3.65. The van der Waals surface area contributed by atoms with Gasteiger partial charge in [-0.05, 0) is 36.2 Å². The van der Waals surface area contributed by atoms with Crippen LogP contribution in [0.2, 0.25) is 0 Å². The van der Waals surface area contributed by atoms with Gasteiger partial charge in [-0.2, -0.15) is 0 Å². The van der Waals surface area contributed by atoms with Gasteiger partial charge in [0.2, 0.25) is 0 Å². The Kier molecular flexibility index (Phi) is 2.12. The van der Waals surface area contributed by atoms with Gasteiger partial charge < -0.3 is 0 Å². The van der Waals surface area contributed by atoms with Gasteiger partial charge in [-0.15, -0.1) is 0 Å². The molecule has 14 heavy (non-hydrogen) atoms. The highest BCUT2D eigenvalue weighted by atomic mass is 14.0. The van der Waals surface area contributed by atoms with Gasteiger partial charge in [0.15, 0.2) is 0 Å². The molecule has 2 aromatic carbocycles. The van der Waals surface area contributed by atoms with Crippen molar-refractivity contribution >= 4 is 16.3 Å². The molecule has 0 aliphatic rings. The first kappa shape index (κ1) is 9.01. The molecule has 0 bridgehead atoms. The van der Waals surface area contributed by atoms with Crippen molar-refractivity contribution in [3.8, 4) is 0 Å². The summed E-state index contributed by atoms with van der Waals surface area (Å²) in [6.07, 6.45) is 0. The van der Waals surface area contributed by atoms with Crippen LogP contribution >= 0.6 is 0 Å². The maximum Gasteiger partial charge on any atom is -0.0175 e. The number of aryl methyl sites for hydroxylation is 1. The number of allylic oxidation sites excluding steroid dienone is 1. The van der Waals surface area contributed by atoms with Gasteiger partial charge in [0.1, 0.15) is 0 Å². The topological polar surface area (TPSA) is 0 Å². The largest absolute Gasteiger partial charge is 0.0955 e. The predicted octanol–water partition coefficient (Wildman–Crippen LogP) is 4.18. The number of hydrogen-bond donors (Lipinski definition) is 0. The quantitative estimate of drug-likeness (QED) is 0.620. The zero-order valence-electron chi connectivity index (χ0n) is 8.67. The first-order valence-corrected chi connectivity index (χ1v) is 4.83. The lowest BCUT2D eigenvalue weighted by molar-refractivity contribution is 1.50. The van der Waals surface area contributed by atoms with Crippen molar-refractivity contribution in [3.63, 3.8) is 0 Å². The van der Waals surface area contributed by atoms with E-state index in [1.54, 1.807) is 0 Å². The Hall–Kier alpha value is -1.56. The van der Waals surface area contributed by atoms with Crippen molar-refractivity contribution in [1.82, 2.24) is 0 Å². The van der Waals surface area contributed by atoms with E-state index < -0.39 is 0 Å². The smallest absolute Gasteiger partial charge is 0.0175 e. The van der Waals surface area contributed by atoms with Crippen molar-refractivity contribution in [2.75, 3.05) is 0 Å². The molecule has 0 spiro atoms. The molecule has 0 aromatic heterocycles. The van der Waals surface area contributed by atoms with Crippen LogP contribution in [-0.2, 0) is 0 Å². The summed E-state index contributed by atoms with van der Waals surface area (Å²) in [5.74, 6) is 0. The molecular formula is C14H14. The Labute approximate surface area is 84.9 Å². The molecule has 0 heterocycles. The van der Waals surface area contributed by atoms with Crippen LogP contribution < -0.4 is 0 Å². The van der Waals surface area contributed by atoms with E-state index in [1.807, 2.05) is 6.92 Å². The normalized spacial score (nSPS) is 10.4. The van der Waals surface area contributed by atoms with E-state index in [4.69, 9.17) is 0 Å². The fourth-order valence-corrected chi connectivity index (χ4v) is 1.63. The molecule has 0 N–H and O–H groups in total. The first-order chi connectivity index (χ1) is 6.66. The Morgan fingerprint density at radius 2 is 1.71 bits per heavy atom. The minimum atomic E-state index is 1.12. The first-order valence-electron chi connectivity index (χ1n) is 4.83. The molecule has 0 saturated heterocycles. The Bertz CT molecular complexity index is 492. The third kappa shape index (κ3) is 1.56. The second-order valence-electron chi connectivity index (χ2n) is 3.85. The molecule has 0 saturated carbocycles. The lowest BCUT2D eigenvalue weighted by Gasteiger charge is -2.03. The van der Waals surface area contributed by atoms with Gasteiger partial charge >= 0.3 is 0 Å². The van der Waals surface area contributed by atoms with E-state index in [2.05, 4.69) is 49.9 Å². The van der Waals surface area contributed by atoms with Crippen LogP contribution in [0.15, 0.2) is 43.0 Å². The number of benzene rings is 2. The van der Waals surface area contributed by atoms with Crippen LogP contribution in [0.3, 0.4) is 0 Å². The van der Waals surface area contributed by atoms with Crippen LogP contribution in [0, 0.1) is 6.92 Å². The fraction of sp³-hybridized carbons (Fsp3) is 0.143. The predicted molar refractivity (Wildman–Crippen MR) is 63.4 cm³/mol. The molecule has 0 fully saturated rings. The highest BCUT2D eigenvalue weighted by Gasteiger charge is 1.97. The molecule has 0 nitrogen and oxygen atoms in total. The van der Waals surface area contributed by atoms with Gasteiger partial charge in [0.05, 0.1) is 0 Å². The van der Waals surface area contributed by atoms with E-state index in [0.717, 1.165) is 5.57 Å². The molecule has 0 amide bonds. The third-order valence-electron chi connectivity index (χ3n) is 2.49. The fourth-order valence-electron chi connectivity index (χ4n) is 1.63. The summed E-state index contributed by atoms with van der Waals surface area (Å²) in [5, 5.41) is 2.59. The van der Waals surface area contributed by atoms with E-state index >= 15 is 0 Å².